The highest BCUT2D eigenvalue weighted by Crippen LogP contribution is 2.22. The molecule has 3 rings (SSSR count). The van der Waals surface area contributed by atoms with Gasteiger partial charge in [-0.2, -0.15) is 0 Å². The fourth-order valence-electron chi connectivity index (χ4n) is 8.18. The van der Waals surface area contributed by atoms with E-state index in [0.717, 1.165) is 37.1 Å². The van der Waals surface area contributed by atoms with Gasteiger partial charge in [0.15, 0.2) is 0 Å². The molecule has 0 aromatic heterocycles. The van der Waals surface area contributed by atoms with Crippen LogP contribution >= 0.6 is 0 Å². The SMILES string of the molecule is C[C@H](O)CNC(=O)CNC(=O)[C@H](Cc1ccccc1)NC(=O)CNC(=O)CNCCCOCCOCCN(CCOCCOCCC(=O)NCC(=O)NCC(=O)N[C@@H](Cc1ccccc1)C(=O)NCC(=O)NC[C@H](C)O)C1CCCCC1. The van der Waals surface area contributed by atoms with E-state index >= 15 is 0 Å². The Morgan fingerprint density at radius 2 is 0.878 bits per heavy atom. The van der Waals surface area contributed by atoms with Gasteiger partial charge in [-0.25, -0.2) is 0 Å². The third-order valence-corrected chi connectivity index (χ3v) is 12.5. The van der Waals surface area contributed by atoms with E-state index in [9.17, 15) is 53.4 Å². The zero-order valence-corrected chi connectivity index (χ0v) is 47.6. The van der Waals surface area contributed by atoms with Crippen molar-refractivity contribution >= 4 is 53.2 Å². The standard InChI is InChI=1S/C56H89N11O15/c1-41(68)33-58-51(73)37-63-55(77)46(31-43-13-6-3-7-14-43)65-53(75)39-61-49(71)35-57-20-12-23-79-27-29-81-25-21-67(45-17-10-5-11-18-45)22-26-82-30-28-80-24-19-48(70)60-36-50(72)62-40-54(76)66-47(32-44-15-8-4-9-16-44)56(78)64-38-52(74)59-34-42(2)69/h3-4,6-9,13-16,41-42,45-47,57,68-69H,5,10-12,17-40H2,1-2H3,(H,58,73)(H,59,74)(H,60,70)(H,61,71)(H,62,72)(H,63,77)(H,64,78)(H,65,75)(H,66,76)/t41-,42-,46-,47-/m0/s1. The molecule has 26 nitrogen and oxygen atoms in total. The van der Waals surface area contributed by atoms with Gasteiger partial charge in [0.25, 0.3) is 0 Å². The number of carbonyl (C=O) groups excluding carboxylic acids is 9. The highest BCUT2D eigenvalue weighted by atomic mass is 16.5. The molecule has 1 aliphatic carbocycles. The van der Waals surface area contributed by atoms with Gasteiger partial charge in [-0.05, 0) is 50.8 Å². The van der Waals surface area contributed by atoms with Gasteiger partial charge >= 0.3 is 0 Å². The van der Waals surface area contributed by atoms with Crippen LogP contribution in [0, 0.1) is 0 Å². The van der Waals surface area contributed by atoms with Crippen molar-refractivity contribution in [2.45, 2.75) is 102 Å². The van der Waals surface area contributed by atoms with Gasteiger partial charge in [-0.1, -0.05) is 79.9 Å². The molecule has 2 aromatic carbocycles. The van der Waals surface area contributed by atoms with Gasteiger partial charge in [0.05, 0.1) is 97.7 Å². The summed E-state index contributed by atoms with van der Waals surface area (Å²) in [4.78, 5) is 115. The average molecular weight is 1160 g/mol. The fourth-order valence-corrected chi connectivity index (χ4v) is 8.18. The molecule has 0 aliphatic heterocycles. The van der Waals surface area contributed by atoms with Crippen molar-refractivity contribution < 1.29 is 72.3 Å². The van der Waals surface area contributed by atoms with E-state index in [-0.39, 0.29) is 78.3 Å². The normalized spacial score (nSPS) is 13.8. The number of aliphatic hydroxyl groups excluding tert-OH is 2. The minimum absolute atomic E-state index is 0.00744. The minimum atomic E-state index is -1.05. The number of aliphatic hydroxyl groups is 2. The molecule has 2 aromatic rings. The van der Waals surface area contributed by atoms with Gasteiger partial charge < -0.3 is 82.3 Å². The summed E-state index contributed by atoms with van der Waals surface area (Å²) in [5.74, 6) is -4.84. The van der Waals surface area contributed by atoms with Crippen LogP contribution in [0.25, 0.3) is 0 Å². The molecule has 82 heavy (non-hydrogen) atoms. The quantitative estimate of drug-likeness (QED) is 0.0296. The molecule has 0 spiro atoms. The smallest absolute Gasteiger partial charge is 0.243 e. The zero-order chi connectivity index (χ0) is 59.6. The number of carbonyl (C=O) groups is 9. The molecular formula is C56H89N11O15. The third kappa shape index (κ3) is 34.6. The van der Waals surface area contributed by atoms with Crippen LogP contribution in [0.15, 0.2) is 60.7 Å². The summed E-state index contributed by atoms with van der Waals surface area (Å²) in [5.41, 5.74) is 1.54. The fraction of sp³-hybridized carbons (Fsp3) is 0.625. The van der Waals surface area contributed by atoms with Crippen LogP contribution in [0.2, 0.25) is 0 Å². The number of hydrogen-bond acceptors (Lipinski definition) is 17. The van der Waals surface area contributed by atoms with Crippen molar-refractivity contribution in [3.63, 3.8) is 0 Å². The lowest BCUT2D eigenvalue weighted by Crippen LogP contribution is -2.52. The zero-order valence-electron chi connectivity index (χ0n) is 47.6. The number of rotatable bonds is 44. The summed E-state index contributed by atoms with van der Waals surface area (Å²) in [6.45, 7) is 6.24. The molecule has 0 heterocycles. The molecule has 9 amide bonds. The highest BCUT2D eigenvalue weighted by molar-refractivity contribution is 5.94. The van der Waals surface area contributed by atoms with E-state index in [1.807, 2.05) is 24.3 Å². The van der Waals surface area contributed by atoms with Crippen LogP contribution in [0.1, 0.15) is 69.9 Å². The lowest BCUT2D eigenvalue weighted by Gasteiger charge is -2.34. The number of amides is 9. The summed E-state index contributed by atoms with van der Waals surface area (Å²) < 4.78 is 23.0. The number of benzene rings is 2. The highest BCUT2D eigenvalue weighted by Gasteiger charge is 2.25. The van der Waals surface area contributed by atoms with Crippen LogP contribution in [-0.2, 0) is 74.9 Å². The molecule has 458 valence electrons. The first-order valence-electron chi connectivity index (χ1n) is 28.2. The minimum Gasteiger partial charge on any atom is -0.392 e. The second-order valence-corrected chi connectivity index (χ2v) is 19.7. The Hall–Kier alpha value is -6.65. The maximum Gasteiger partial charge on any atom is 0.243 e. The van der Waals surface area contributed by atoms with E-state index in [0.29, 0.717) is 58.6 Å². The van der Waals surface area contributed by atoms with Crippen molar-refractivity contribution in [3.05, 3.63) is 71.8 Å². The van der Waals surface area contributed by atoms with E-state index < -0.39 is 84.0 Å². The van der Waals surface area contributed by atoms with Crippen molar-refractivity contribution in [1.82, 2.24) is 58.1 Å². The third-order valence-electron chi connectivity index (χ3n) is 12.5. The molecule has 0 saturated heterocycles. The van der Waals surface area contributed by atoms with Crippen molar-refractivity contribution in [3.8, 4) is 0 Å². The molecule has 1 saturated carbocycles. The predicted octanol–water partition coefficient (Wildman–Crippen LogP) is -2.91. The molecule has 0 unspecified atom stereocenters. The molecule has 0 radical (unpaired) electrons. The van der Waals surface area contributed by atoms with Crippen LogP contribution in [0.4, 0.5) is 0 Å². The molecule has 1 fully saturated rings. The van der Waals surface area contributed by atoms with E-state index in [1.165, 1.54) is 33.1 Å². The van der Waals surface area contributed by atoms with Crippen molar-refractivity contribution in [2.75, 3.05) is 125 Å². The Bertz CT molecular complexity index is 2190. The number of nitrogens with one attached hydrogen (secondary N) is 10. The topological polar surface area (TPSA) is 355 Å². The Labute approximate surface area is 480 Å². The number of ether oxygens (including phenoxy) is 4. The van der Waals surface area contributed by atoms with Crippen LogP contribution < -0.4 is 53.2 Å². The van der Waals surface area contributed by atoms with Crippen molar-refractivity contribution in [2.24, 2.45) is 0 Å². The number of hydrogen-bond donors (Lipinski definition) is 12. The second-order valence-electron chi connectivity index (χ2n) is 19.7. The Morgan fingerprint density at radius 1 is 0.476 bits per heavy atom. The largest absolute Gasteiger partial charge is 0.392 e. The Kier molecular flexibility index (Phi) is 36.6. The first-order chi connectivity index (χ1) is 39.6. The van der Waals surface area contributed by atoms with Gasteiger partial charge in [0.1, 0.15) is 12.1 Å². The maximum atomic E-state index is 12.9. The maximum absolute atomic E-state index is 12.9. The monoisotopic (exact) mass is 1160 g/mol. The second kappa shape index (κ2) is 43.1. The lowest BCUT2D eigenvalue weighted by atomic mass is 9.94. The van der Waals surface area contributed by atoms with Gasteiger partial charge in [-0.15, -0.1) is 0 Å². The van der Waals surface area contributed by atoms with Crippen LogP contribution in [0.5, 0.6) is 0 Å². The average Bonchev–Trinajstić information content (AvgIpc) is 3.55. The Balaban J connectivity index is 1.20. The molecular weight excluding hydrogens is 1070 g/mol. The van der Waals surface area contributed by atoms with E-state index in [2.05, 4.69) is 58.1 Å². The predicted molar refractivity (Wildman–Crippen MR) is 302 cm³/mol. The van der Waals surface area contributed by atoms with Crippen molar-refractivity contribution in [1.29, 1.82) is 0 Å². The molecule has 4 atom stereocenters. The molecule has 1 aliphatic rings. The summed E-state index contributed by atoms with van der Waals surface area (Å²) in [5, 5.41) is 44.4. The van der Waals surface area contributed by atoms with Gasteiger partial charge in [0, 0.05) is 58.1 Å². The van der Waals surface area contributed by atoms with Gasteiger partial charge in [-0.3, -0.25) is 48.1 Å². The number of nitrogens with zero attached hydrogens (tertiary/aromatic N) is 1. The van der Waals surface area contributed by atoms with Gasteiger partial charge in [0.2, 0.25) is 53.2 Å². The first-order valence-corrected chi connectivity index (χ1v) is 28.2. The summed E-state index contributed by atoms with van der Waals surface area (Å²) in [6, 6.07) is 16.4. The van der Waals surface area contributed by atoms with E-state index in [1.54, 1.807) is 36.4 Å². The lowest BCUT2D eigenvalue weighted by molar-refractivity contribution is -0.131. The first kappa shape index (κ1) is 69.6. The molecule has 26 heteroatoms. The van der Waals surface area contributed by atoms with Crippen LogP contribution in [-0.4, -0.2) is 223 Å². The Morgan fingerprint density at radius 3 is 1.35 bits per heavy atom. The van der Waals surface area contributed by atoms with Crippen LogP contribution in [0.3, 0.4) is 0 Å². The summed E-state index contributed by atoms with van der Waals surface area (Å²) in [7, 11) is 0. The van der Waals surface area contributed by atoms with E-state index in [4.69, 9.17) is 18.9 Å². The summed E-state index contributed by atoms with van der Waals surface area (Å²) in [6.07, 6.45) is 5.28. The molecule has 12 N–H and O–H groups in total. The summed E-state index contributed by atoms with van der Waals surface area (Å²) >= 11 is 0. The molecule has 0 bridgehead atoms.